The van der Waals surface area contributed by atoms with Crippen molar-refractivity contribution in [3.8, 4) is 0 Å². The molecule has 0 atom stereocenters. The second-order valence-electron chi connectivity index (χ2n) is 5.85. The van der Waals surface area contributed by atoms with Crippen molar-refractivity contribution >= 4 is 5.97 Å². The molecule has 0 aromatic heterocycles. The normalized spacial score (nSPS) is 11.0. The van der Waals surface area contributed by atoms with E-state index < -0.39 is 0 Å². The third-order valence-corrected chi connectivity index (χ3v) is 3.58. The summed E-state index contributed by atoms with van der Waals surface area (Å²) < 4.78 is 31.1. The summed E-state index contributed by atoms with van der Waals surface area (Å²) in [5.41, 5.74) is 0. The summed E-state index contributed by atoms with van der Waals surface area (Å²) in [4.78, 5) is 10.8. The van der Waals surface area contributed by atoms with Gasteiger partial charge in [-0.1, -0.05) is 39.0 Å². The highest BCUT2D eigenvalue weighted by Crippen LogP contribution is 2.04. The van der Waals surface area contributed by atoms with E-state index in [1.54, 1.807) is 0 Å². The Balaban J connectivity index is 3.00. The predicted molar refractivity (Wildman–Crippen MR) is 99.5 cm³/mol. The van der Waals surface area contributed by atoms with Crippen molar-refractivity contribution in [2.24, 2.45) is 0 Å². The van der Waals surface area contributed by atoms with Crippen LogP contribution >= 0.6 is 0 Å². The van der Waals surface area contributed by atoms with Crippen LogP contribution in [0.25, 0.3) is 0 Å². The number of ether oxygens (including phenoxy) is 6. The maximum Gasteiger partial charge on any atom is 0.331 e. The van der Waals surface area contributed by atoms with Crippen molar-refractivity contribution in [3.63, 3.8) is 0 Å². The SMILES string of the molecule is CCCCCCCCOCCOCCOCCOCCOCC(=O)OC. The Hall–Kier alpha value is -0.730. The van der Waals surface area contributed by atoms with Crippen molar-refractivity contribution < 1.29 is 33.2 Å². The van der Waals surface area contributed by atoms with E-state index in [1.165, 1.54) is 39.2 Å². The molecule has 7 nitrogen and oxygen atoms in total. The standard InChI is InChI=1S/C19H38O7/c1-3-4-5-6-7-8-9-22-10-11-23-12-13-24-14-15-25-16-17-26-18-19(20)21-2/h3-18H2,1-2H3. The highest BCUT2D eigenvalue weighted by atomic mass is 16.6. The van der Waals surface area contributed by atoms with Gasteiger partial charge in [0.25, 0.3) is 0 Å². The number of esters is 1. The first-order valence-electron chi connectivity index (χ1n) is 9.76. The lowest BCUT2D eigenvalue weighted by molar-refractivity contribution is -0.146. The van der Waals surface area contributed by atoms with Gasteiger partial charge in [-0.05, 0) is 6.42 Å². The molecule has 0 aliphatic heterocycles. The number of rotatable bonds is 21. The molecule has 7 heteroatoms. The molecular formula is C19H38O7. The van der Waals surface area contributed by atoms with Crippen molar-refractivity contribution in [3.05, 3.63) is 0 Å². The second-order valence-corrected chi connectivity index (χ2v) is 5.85. The van der Waals surface area contributed by atoms with E-state index in [0.29, 0.717) is 52.9 Å². The molecule has 0 amide bonds. The molecule has 0 N–H and O–H groups in total. The van der Waals surface area contributed by atoms with Crippen LogP contribution < -0.4 is 0 Å². The Morgan fingerprint density at radius 3 is 1.50 bits per heavy atom. The smallest absolute Gasteiger partial charge is 0.331 e. The summed E-state index contributed by atoms with van der Waals surface area (Å²) in [5.74, 6) is -0.388. The first-order valence-corrected chi connectivity index (χ1v) is 9.76. The minimum absolute atomic E-state index is 0.0453. The van der Waals surface area contributed by atoms with Crippen LogP contribution in [0, 0.1) is 0 Å². The molecule has 0 rings (SSSR count). The van der Waals surface area contributed by atoms with Gasteiger partial charge < -0.3 is 28.4 Å². The van der Waals surface area contributed by atoms with Gasteiger partial charge in [0.2, 0.25) is 0 Å². The van der Waals surface area contributed by atoms with E-state index in [1.807, 2.05) is 0 Å². The summed E-state index contributed by atoms with van der Waals surface area (Å²) >= 11 is 0. The van der Waals surface area contributed by atoms with Gasteiger partial charge in [0.15, 0.2) is 0 Å². The molecule has 0 radical (unpaired) electrons. The third kappa shape index (κ3) is 21.3. The van der Waals surface area contributed by atoms with Crippen molar-refractivity contribution in [1.82, 2.24) is 0 Å². The minimum Gasteiger partial charge on any atom is -0.467 e. The number of hydrogen-bond donors (Lipinski definition) is 0. The van der Waals surface area contributed by atoms with Crippen LogP contribution in [0.5, 0.6) is 0 Å². The highest BCUT2D eigenvalue weighted by molar-refractivity contribution is 5.70. The van der Waals surface area contributed by atoms with Crippen LogP contribution in [0.15, 0.2) is 0 Å². The Bertz CT molecular complexity index is 287. The number of carbonyl (C=O) groups is 1. The fraction of sp³-hybridized carbons (Fsp3) is 0.947. The number of methoxy groups -OCH3 is 1. The molecule has 0 aromatic carbocycles. The topological polar surface area (TPSA) is 72.5 Å². The molecule has 156 valence electrons. The molecule has 0 unspecified atom stereocenters. The lowest BCUT2D eigenvalue weighted by Gasteiger charge is -2.08. The third-order valence-electron chi connectivity index (χ3n) is 3.58. The maximum absolute atomic E-state index is 10.8. The summed E-state index contributed by atoms with van der Waals surface area (Å²) in [6, 6.07) is 0. The lowest BCUT2D eigenvalue weighted by atomic mass is 10.1. The molecule has 0 aliphatic carbocycles. The zero-order chi connectivity index (χ0) is 19.1. The molecule has 0 fully saturated rings. The van der Waals surface area contributed by atoms with Crippen LogP contribution in [-0.2, 0) is 33.2 Å². The van der Waals surface area contributed by atoms with Crippen molar-refractivity contribution in [2.75, 3.05) is 73.2 Å². The Labute approximate surface area is 158 Å². The average molecular weight is 379 g/mol. The molecule has 0 saturated carbocycles. The summed E-state index contributed by atoms with van der Waals surface area (Å²) in [7, 11) is 1.33. The summed E-state index contributed by atoms with van der Waals surface area (Å²) in [6.45, 7) is 7.14. The van der Waals surface area contributed by atoms with E-state index in [0.717, 1.165) is 13.0 Å². The molecule has 0 saturated heterocycles. The summed E-state index contributed by atoms with van der Waals surface area (Å²) in [6.07, 6.45) is 7.68. The van der Waals surface area contributed by atoms with E-state index >= 15 is 0 Å². The second kappa shape index (κ2) is 22.3. The highest BCUT2D eigenvalue weighted by Gasteiger charge is 1.99. The Kier molecular flexibility index (Phi) is 21.7. The van der Waals surface area contributed by atoms with Crippen LogP contribution in [-0.4, -0.2) is 79.1 Å². The lowest BCUT2D eigenvalue weighted by Crippen LogP contribution is -2.15. The minimum atomic E-state index is -0.388. The van der Waals surface area contributed by atoms with Crippen molar-refractivity contribution in [2.45, 2.75) is 45.4 Å². The molecule has 0 aromatic rings. The van der Waals surface area contributed by atoms with Crippen LogP contribution in [0.2, 0.25) is 0 Å². The predicted octanol–water partition coefficient (Wildman–Crippen LogP) is 2.60. The molecule has 0 aliphatic rings. The van der Waals surface area contributed by atoms with Gasteiger partial charge in [-0.25, -0.2) is 4.79 Å². The van der Waals surface area contributed by atoms with Gasteiger partial charge in [0.05, 0.1) is 60.0 Å². The molecular weight excluding hydrogens is 340 g/mol. The van der Waals surface area contributed by atoms with Gasteiger partial charge in [-0.15, -0.1) is 0 Å². The van der Waals surface area contributed by atoms with E-state index in [2.05, 4.69) is 11.7 Å². The first kappa shape index (κ1) is 25.3. The fourth-order valence-corrected chi connectivity index (χ4v) is 2.08. The molecule has 26 heavy (non-hydrogen) atoms. The summed E-state index contributed by atoms with van der Waals surface area (Å²) in [5, 5.41) is 0. The van der Waals surface area contributed by atoms with E-state index in [4.69, 9.17) is 23.7 Å². The molecule has 0 heterocycles. The monoisotopic (exact) mass is 378 g/mol. The first-order chi connectivity index (χ1) is 12.8. The van der Waals surface area contributed by atoms with E-state index in [-0.39, 0.29) is 12.6 Å². The van der Waals surface area contributed by atoms with Gasteiger partial charge in [-0.3, -0.25) is 0 Å². The average Bonchev–Trinajstić information content (AvgIpc) is 2.66. The van der Waals surface area contributed by atoms with Crippen LogP contribution in [0.1, 0.15) is 45.4 Å². The van der Waals surface area contributed by atoms with Gasteiger partial charge in [-0.2, -0.15) is 0 Å². The van der Waals surface area contributed by atoms with Gasteiger partial charge in [0.1, 0.15) is 6.61 Å². The van der Waals surface area contributed by atoms with E-state index in [9.17, 15) is 4.79 Å². The van der Waals surface area contributed by atoms with Crippen molar-refractivity contribution in [1.29, 1.82) is 0 Å². The molecule has 0 spiro atoms. The van der Waals surface area contributed by atoms with Gasteiger partial charge >= 0.3 is 5.97 Å². The maximum atomic E-state index is 10.8. The zero-order valence-corrected chi connectivity index (χ0v) is 16.7. The van der Waals surface area contributed by atoms with Gasteiger partial charge in [0, 0.05) is 6.61 Å². The Morgan fingerprint density at radius 2 is 1.00 bits per heavy atom. The van der Waals surface area contributed by atoms with Crippen LogP contribution in [0.3, 0.4) is 0 Å². The fourth-order valence-electron chi connectivity index (χ4n) is 2.08. The Morgan fingerprint density at radius 1 is 0.577 bits per heavy atom. The quantitative estimate of drug-likeness (QED) is 0.224. The number of carbonyl (C=O) groups excluding carboxylic acids is 1. The zero-order valence-electron chi connectivity index (χ0n) is 16.7. The number of unbranched alkanes of at least 4 members (excludes halogenated alkanes) is 5. The van der Waals surface area contributed by atoms with Crippen LogP contribution in [0.4, 0.5) is 0 Å². The largest absolute Gasteiger partial charge is 0.467 e. The number of hydrogen-bond acceptors (Lipinski definition) is 7. The molecule has 0 bridgehead atoms.